The number of fused-ring (bicyclic) bond motifs is 10. The molecule has 5 aliphatic rings. The van der Waals surface area contributed by atoms with Gasteiger partial charge < -0.3 is 4.90 Å². The van der Waals surface area contributed by atoms with Gasteiger partial charge in [-0.05, 0) is 207 Å². The van der Waals surface area contributed by atoms with Crippen molar-refractivity contribution in [2.45, 2.75) is 0 Å². The van der Waals surface area contributed by atoms with E-state index in [2.05, 4.69) is 346 Å². The van der Waals surface area contributed by atoms with Gasteiger partial charge in [-0.3, -0.25) is 24.6 Å². The Balaban J connectivity index is 0.0000000923. The van der Waals surface area contributed by atoms with Crippen molar-refractivity contribution in [3.63, 3.8) is 0 Å². The van der Waals surface area contributed by atoms with Crippen LogP contribution in [0.15, 0.2) is 487 Å². The third-order valence-electron chi connectivity index (χ3n) is 26.6. The van der Waals surface area contributed by atoms with Crippen LogP contribution in [-0.4, -0.2) is 74.8 Å². The van der Waals surface area contributed by atoms with E-state index in [0.717, 1.165) is 203 Å². The van der Waals surface area contributed by atoms with E-state index in [1.165, 1.54) is 49.4 Å². The van der Waals surface area contributed by atoms with Crippen molar-refractivity contribution in [2.24, 2.45) is 0 Å². The Bertz CT molecular complexity index is 7980. The zero-order chi connectivity index (χ0) is 96.0. The van der Waals surface area contributed by atoms with Gasteiger partial charge in [-0.1, -0.05) is 267 Å². The first-order valence-corrected chi connectivity index (χ1v) is 47.7. The normalized spacial score (nSPS) is 12.1. The zero-order valence-electron chi connectivity index (χ0n) is 77.6. The Morgan fingerprint density at radius 2 is 0.566 bits per heavy atom. The first-order chi connectivity index (χ1) is 72.0. The van der Waals surface area contributed by atoms with Gasteiger partial charge in [0.2, 0.25) is 0 Å². The molecule has 680 valence electrons. The minimum atomic E-state index is 0.742. The van der Waals surface area contributed by atoms with E-state index in [-0.39, 0.29) is 0 Å². The SMILES string of the molecule is c1ccc(-c2cc3c4c(cccc4c2)N(c2ccccn2)c2cncnc2-3)cc1.c1ccc(-c2cc3c4c(cccc4c2)N(c2ccccn2)c2ncncc2-3)cc1.c1ccc(-c2cc3c4c(ncnc4c2)N(c2ccccn2)c2ccccc2-3)cc1.c1ccc(-c2nc3c4c(cccc4n2)N(c2ccccn2)c2ccccc2-3)cc1.c1ccc(-c2nc3c4c(cccc4n2)N(c2cccnc2)c2ccccc2-3)cc1. The molecule has 0 radical (unpaired) electrons. The summed E-state index contributed by atoms with van der Waals surface area (Å²) < 4.78 is 0. The van der Waals surface area contributed by atoms with Crippen molar-refractivity contribution in [2.75, 3.05) is 24.5 Å². The lowest BCUT2D eigenvalue weighted by Gasteiger charge is -2.32. The molecule has 0 amide bonds. The summed E-state index contributed by atoms with van der Waals surface area (Å²) in [5.41, 5.74) is 32.1. The second kappa shape index (κ2) is 36.9. The first-order valence-electron chi connectivity index (χ1n) is 47.7. The van der Waals surface area contributed by atoms with Crippen molar-refractivity contribution < 1.29 is 0 Å². The van der Waals surface area contributed by atoms with Gasteiger partial charge in [0.1, 0.15) is 48.1 Å². The minimum Gasteiger partial charge on any atom is -0.307 e. The number of benzene rings is 15. The lowest BCUT2D eigenvalue weighted by molar-refractivity contribution is 1.08. The second-order valence-corrected chi connectivity index (χ2v) is 35.1. The largest absolute Gasteiger partial charge is 0.307 e. The highest BCUT2D eigenvalue weighted by molar-refractivity contribution is 6.19. The molecule has 5 aliphatic heterocycles. The van der Waals surface area contributed by atoms with Crippen molar-refractivity contribution in [1.29, 1.82) is 0 Å². The highest BCUT2D eigenvalue weighted by atomic mass is 15.3. The fraction of sp³-hybridized carbons (Fsp3) is 0. The Hall–Kier alpha value is -20.2. The zero-order valence-corrected chi connectivity index (χ0v) is 77.6. The molecule has 0 atom stereocenters. The molecule has 0 N–H and O–H groups in total. The third kappa shape index (κ3) is 15.4. The van der Waals surface area contributed by atoms with Gasteiger partial charge in [-0.2, -0.15) is 0 Å². The Kier molecular flexibility index (Phi) is 21.7. The number of anilines is 15. The Morgan fingerprint density at radius 3 is 1.08 bits per heavy atom. The summed E-state index contributed by atoms with van der Waals surface area (Å²) in [6.45, 7) is 0. The van der Waals surface area contributed by atoms with Crippen LogP contribution in [0.5, 0.6) is 0 Å². The molecule has 145 heavy (non-hydrogen) atoms. The minimum absolute atomic E-state index is 0.742. The van der Waals surface area contributed by atoms with Crippen molar-refractivity contribution in [3.8, 4) is 112 Å². The Labute approximate surface area is 833 Å². The summed E-state index contributed by atoms with van der Waals surface area (Å²) in [7, 11) is 0. The van der Waals surface area contributed by atoms with Gasteiger partial charge >= 0.3 is 0 Å². The van der Waals surface area contributed by atoms with Crippen LogP contribution in [0.4, 0.5) is 86.1 Å². The highest BCUT2D eigenvalue weighted by Crippen LogP contribution is 2.57. The molecule has 0 spiro atoms. The van der Waals surface area contributed by atoms with Crippen LogP contribution in [0.25, 0.3) is 166 Å². The van der Waals surface area contributed by atoms with Crippen molar-refractivity contribution in [1.82, 2.24) is 74.8 Å². The molecule has 0 aliphatic carbocycles. The molecule has 0 fully saturated rings. The van der Waals surface area contributed by atoms with Gasteiger partial charge in [0.15, 0.2) is 17.5 Å². The summed E-state index contributed by atoms with van der Waals surface area (Å²) in [5.74, 6) is 6.63. The van der Waals surface area contributed by atoms with E-state index in [4.69, 9.17) is 19.9 Å². The average Bonchev–Trinajstić information content (AvgIpc) is 0.741. The third-order valence-corrected chi connectivity index (χ3v) is 26.6. The molecule has 25 aromatic rings. The smallest absolute Gasteiger partial charge is 0.160 e. The lowest BCUT2D eigenvalue weighted by atomic mass is 9.90. The van der Waals surface area contributed by atoms with E-state index in [9.17, 15) is 0 Å². The molecule has 0 saturated carbocycles. The van der Waals surface area contributed by atoms with Gasteiger partial charge in [0, 0.05) is 86.9 Å². The van der Waals surface area contributed by atoms with Gasteiger partial charge in [0.25, 0.3) is 0 Å². The van der Waals surface area contributed by atoms with E-state index in [1.807, 2.05) is 195 Å². The summed E-state index contributed by atoms with van der Waals surface area (Å²) in [6.07, 6.45) is 19.6. The highest BCUT2D eigenvalue weighted by Gasteiger charge is 2.36. The molecule has 30 rings (SSSR count). The molecule has 20 nitrogen and oxygen atoms in total. The second-order valence-electron chi connectivity index (χ2n) is 35.1. The number of aromatic nitrogens is 15. The molecule has 15 heterocycles. The van der Waals surface area contributed by atoms with Gasteiger partial charge in [-0.25, -0.2) is 69.8 Å². The van der Waals surface area contributed by atoms with Crippen LogP contribution in [0.1, 0.15) is 0 Å². The number of rotatable bonds is 10. The number of hydrogen-bond acceptors (Lipinski definition) is 20. The van der Waals surface area contributed by atoms with Crippen molar-refractivity contribution >= 4 is 140 Å². The number of nitrogens with zero attached hydrogens (tertiary/aromatic N) is 20. The fourth-order valence-electron chi connectivity index (χ4n) is 20.4. The average molecular weight is 1860 g/mol. The maximum absolute atomic E-state index is 5.02. The molecule has 0 saturated heterocycles. The molecule has 15 aromatic carbocycles. The van der Waals surface area contributed by atoms with Crippen LogP contribution in [0.2, 0.25) is 0 Å². The number of hydrogen-bond donors (Lipinski definition) is 0. The van der Waals surface area contributed by atoms with Gasteiger partial charge in [-0.15, -0.1) is 0 Å². The van der Waals surface area contributed by atoms with Crippen LogP contribution >= 0.6 is 0 Å². The van der Waals surface area contributed by atoms with E-state index in [0.29, 0.717) is 0 Å². The fourth-order valence-corrected chi connectivity index (χ4v) is 20.4. The summed E-state index contributed by atoms with van der Waals surface area (Å²) in [6, 6.07) is 143. The molecule has 0 unspecified atom stereocenters. The topological polar surface area (TPSA) is 210 Å². The standard InChI is InChI=1S/5C25H16N4/c1-2-8-17(9-3-1)25-27-20-12-6-14-22-23(20)24(28-25)19-11-4-5-13-21(19)29(22)18-10-7-15-26-16-18;1-2-9-17(10-3-1)25-27-19-12-8-14-21-23(19)24(28-25)18-11-4-5-13-20(18)29(21)22-15-6-7-16-26-22;1-2-8-17(9-3-1)18-14-20-19-10-4-5-11-22(19)29(23-12-6-7-13-26-23)25-24(20)21(15-18)27-16-28-25;1-2-7-17(8-3-1)19-13-18-9-6-10-22-24(18)20(14-19)21-15-26-16-28-25(21)29(22)23-11-4-5-12-27-23;1-2-7-17(8-3-1)19-13-18-9-6-10-21-24(18)20(14-19)25-22(15-26-16-28-25)29(21)23-11-4-5-12-27-23/h5*1-16H. The van der Waals surface area contributed by atoms with Crippen LogP contribution in [0, 0.1) is 0 Å². The lowest BCUT2D eigenvalue weighted by Crippen LogP contribution is -2.17. The maximum Gasteiger partial charge on any atom is 0.160 e. The van der Waals surface area contributed by atoms with Crippen LogP contribution in [0.3, 0.4) is 0 Å². The molecule has 10 aromatic heterocycles. The predicted octanol–water partition coefficient (Wildman–Crippen LogP) is 30.7. The first kappa shape index (κ1) is 85.2. The van der Waals surface area contributed by atoms with E-state index < -0.39 is 0 Å². The maximum atomic E-state index is 5.02. The van der Waals surface area contributed by atoms with Gasteiger partial charge in [0.05, 0.1) is 113 Å². The van der Waals surface area contributed by atoms with E-state index in [1.54, 1.807) is 25.2 Å². The molecule has 20 heteroatoms. The summed E-state index contributed by atoms with van der Waals surface area (Å²) in [4.78, 5) is 80.6. The quantitative estimate of drug-likeness (QED) is 0.125. The molecule has 0 bridgehead atoms. The Morgan fingerprint density at radius 1 is 0.172 bits per heavy atom. The summed E-state index contributed by atoms with van der Waals surface area (Å²) in [5, 5.41) is 7.92. The molecular formula is C125H80N20. The predicted molar refractivity (Wildman–Crippen MR) is 582 cm³/mol. The summed E-state index contributed by atoms with van der Waals surface area (Å²) >= 11 is 0. The van der Waals surface area contributed by atoms with Crippen LogP contribution in [-0.2, 0) is 0 Å². The van der Waals surface area contributed by atoms with Crippen molar-refractivity contribution in [3.05, 3.63) is 487 Å². The number of pyridine rings is 5. The van der Waals surface area contributed by atoms with E-state index >= 15 is 0 Å². The van der Waals surface area contributed by atoms with Crippen LogP contribution < -0.4 is 24.5 Å². The number of para-hydroxylation sites is 3. The molecular weight excluding hydrogens is 1780 g/mol. The monoisotopic (exact) mass is 1860 g/mol.